The summed E-state index contributed by atoms with van der Waals surface area (Å²) in [6.45, 7) is 3.99. The van der Waals surface area contributed by atoms with Crippen molar-refractivity contribution in [3.8, 4) is 0 Å². The summed E-state index contributed by atoms with van der Waals surface area (Å²) in [4.78, 5) is 29.3. The fraction of sp³-hybridized carbons (Fsp3) is 0.464. The van der Waals surface area contributed by atoms with E-state index in [1.54, 1.807) is 0 Å². The van der Waals surface area contributed by atoms with Crippen LogP contribution in [-0.2, 0) is 6.42 Å². The highest BCUT2D eigenvalue weighted by atomic mass is 16.2. The van der Waals surface area contributed by atoms with Gasteiger partial charge in [0.25, 0.3) is 5.91 Å². The zero-order valence-electron chi connectivity index (χ0n) is 19.9. The van der Waals surface area contributed by atoms with Gasteiger partial charge in [0.1, 0.15) is 5.82 Å². The lowest BCUT2D eigenvalue weighted by atomic mass is 9.85. The monoisotopic (exact) mass is 455 g/mol. The van der Waals surface area contributed by atoms with Gasteiger partial charge in [0, 0.05) is 67.8 Å². The molecule has 1 aromatic carbocycles. The zero-order chi connectivity index (χ0) is 23.1. The molecular formula is C28H33N5O. The van der Waals surface area contributed by atoms with Crippen LogP contribution in [0.25, 0.3) is 10.8 Å². The van der Waals surface area contributed by atoms with Gasteiger partial charge < -0.3 is 14.7 Å². The number of piperazine rings is 1. The number of amides is 1. The molecule has 2 aromatic heterocycles. The highest BCUT2D eigenvalue weighted by molar-refractivity contribution is 5.95. The molecule has 3 aromatic rings. The van der Waals surface area contributed by atoms with Crippen molar-refractivity contribution in [2.75, 3.05) is 38.1 Å². The lowest BCUT2D eigenvalue weighted by molar-refractivity contribution is 0.0524. The molecule has 0 saturated carbocycles. The Kier molecular flexibility index (Phi) is 5.69. The molecule has 6 rings (SSSR count). The summed E-state index contributed by atoms with van der Waals surface area (Å²) in [5, 5.41) is 2.46. The molecule has 6 nitrogen and oxygen atoms in total. The predicted octanol–water partition coefficient (Wildman–Crippen LogP) is 4.01. The maximum atomic E-state index is 13.6. The quantitative estimate of drug-likeness (QED) is 0.595. The summed E-state index contributed by atoms with van der Waals surface area (Å²) in [5.74, 6) is 1.77. The first kappa shape index (κ1) is 21.5. The predicted molar refractivity (Wildman–Crippen MR) is 135 cm³/mol. The van der Waals surface area contributed by atoms with E-state index in [1.165, 1.54) is 16.3 Å². The van der Waals surface area contributed by atoms with Crippen LogP contribution in [0.15, 0.2) is 55.0 Å². The molecule has 3 aliphatic rings. The van der Waals surface area contributed by atoms with Gasteiger partial charge in [-0.1, -0.05) is 18.2 Å². The van der Waals surface area contributed by atoms with E-state index in [1.807, 2.05) is 30.7 Å². The molecule has 0 spiro atoms. The summed E-state index contributed by atoms with van der Waals surface area (Å²) in [7, 11) is 2.15. The third-order valence-electron chi connectivity index (χ3n) is 8.11. The number of fused-ring (bicyclic) bond motifs is 3. The van der Waals surface area contributed by atoms with Gasteiger partial charge in [-0.15, -0.1) is 0 Å². The van der Waals surface area contributed by atoms with Crippen molar-refractivity contribution in [2.24, 2.45) is 5.92 Å². The summed E-state index contributed by atoms with van der Waals surface area (Å²) in [6.07, 6.45) is 11.2. The SMILES string of the molecule is CN1CCN(c2cc(C(=O)N3C4CCC3CC(Cc3ccc5cnccc5c3)C4)ccn2)CC1. The van der Waals surface area contributed by atoms with Gasteiger partial charge in [0.2, 0.25) is 0 Å². The van der Waals surface area contributed by atoms with Crippen molar-refractivity contribution in [2.45, 2.75) is 44.2 Å². The number of nitrogens with zero attached hydrogens (tertiary/aromatic N) is 5. The van der Waals surface area contributed by atoms with Crippen LogP contribution < -0.4 is 4.90 Å². The fourth-order valence-corrected chi connectivity index (χ4v) is 6.29. The first-order chi connectivity index (χ1) is 16.6. The average Bonchev–Trinajstić information content (AvgIpc) is 3.14. The van der Waals surface area contributed by atoms with Crippen LogP contribution in [0.1, 0.15) is 41.6 Å². The minimum Gasteiger partial charge on any atom is -0.354 e. The smallest absolute Gasteiger partial charge is 0.254 e. The van der Waals surface area contributed by atoms with Crippen molar-refractivity contribution < 1.29 is 4.79 Å². The molecule has 34 heavy (non-hydrogen) atoms. The van der Waals surface area contributed by atoms with Crippen molar-refractivity contribution in [3.05, 3.63) is 66.1 Å². The number of rotatable bonds is 4. The van der Waals surface area contributed by atoms with Gasteiger partial charge in [-0.25, -0.2) is 4.98 Å². The van der Waals surface area contributed by atoms with Crippen LogP contribution in [-0.4, -0.2) is 71.0 Å². The highest BCUT2D eigenvalue weighted by Gasteiger charge is 2.43. The molecule has 0 N–H and O–H groups in total. The molecule has 1 amide bonds. The number of anilines is 1. The number of carbonyl (C=O) groups excluding carboxylic acids is 1. The van der Waals surface area contributed by atoms with Crippen LogP contribution >= 0.6 is 0 Å². The van der Waals surface area contributed by atoms with E-state index in [0.717, 1.165) is 69.7 Å². The van der Waals surface area contributed by atoms with Gasteiger partial charge in [-0.2, -0.15) is 0 Å². The Morgan fingerprint density at radius 1 is 0.941 bits per heavy atom. The Morgan fingerprint density at radius 3 is 2.53 bits per heavy atom. The number of benzene rings is 1. The van der Waals surface area contributed by atoms with Crippen LogP contribution in [0.3, 0.4) is 0 Å². The minimum absolute atomic E-state index is 0.196. The van der Waals surface area contributed by atoms with Crippen molar-refractivity contribution in [3.63, 3.8) is 0 Å². The molecule has 2 unspecified atom stereocenters. The van der Waals surface area contributed by atoms with Crippen LogP contribution in [0.5, 0.6) is 0 Å². The Bertz CT molecular complexity index is 1170. The number of hydrogen-bond acceptors (Lipinski definition) is 5. The third kappa shape index (κ3) is 4.16. The fourth-order valence-electron chi connectivity index (χ4n) is 6.29. The zero-order valence-corrected chi connectivity index (χ0v) is 19.9. The van der Waals surface area contributed by atoms with E-state index < -0.39 is 0 Å². The topological polar surface area (TPSA) is 52.6 Å². The molecule has 176 valence electrons. The van der Waals surface area contributed by atoms with Crippen molar-refractivity contribution >= 4 is 22.5 Å². The first-order valence-electron chi connectivity index (χ1n) is 12.7. The van der Waals surface area contributed by atoms with E-state index in [2.05, 4.69) is 56.0 Å². The maximum Gasteiger partial charge on any atom is 0.254 e. The lowest BCUT2D eigenvalue weighted by Gasteiger charge is -2.39. The highest BCUT2D eigenvalue weighted by Crippen LogP contribution is 2.41. The molecule has 6 heteroatoms. The molecule has 3 aliphatic heterocycles. The molecule has 0 radical (unpaired) electrons. The summed E-state index contributed by atoms with van der Waals surface area (Å²) >= 11 is 0. The first-order valence-corrected chi connectivity index (χ1v) is 12.7. The third-order valence-corrected chi connectivity index (χ3v) is 8.11. The van der Waals surface area contributed by atoms with E-state index in [9.17, 15) is 4.79 Å². The normalized spacial score (nSPS) is 25.1. The Morgan fingerprint density at radius 2 is 1.74 bits per heavy atom. The molecular weight excluding hydrogens is 422 g/mol. The summed E-state index contributed by atoms with van der Waals surface area (Å²) in [5.41, 5.74) is 2.19. The average molecular weight is 456 g/mol. The Hall–Kier alpha value is -2.99. The Balaban J connectivity index is 1.14. The molecule has 2 bridgehead atoms. The molecule has 2 atom stereocenters. The van der Waals surface area contributed by atoms with E-state index in [0.29, 0.717) is 18.0 Å². The lowest BCUT2D eigenvalue weighted by Crippen LogP contribution is -2.47. The van der Waals surface area contributed by atoms with Crippen LogP contribution in [0, 0.1) is 5.92 Å². The van der Waals surface area contributed by atoms with Gasteiger partial charge in [-0.05, 0) is 74.2 Å². The van der Waals surface area contributed by atoms with Gasteiger partial charge in [0.05, 0.1) is 0 Å². The molecule has 3 fully saturated rings. The number of piperidine rings is 1. The number of pyridine rings is 2. The summed E-state index contributed by atoms with van der Waals surface area (Å²) in [6, 6.07) is 13.5. The van der Waals surface area contributed by atoms with Crippen LogP contribution in [0.2, 0.25) is 0 Å². The summed E-state index contributed by atoms with van der Waals surface area (Å²) < 4.78 is 0. The second-order valence-corrected chi connectivity index (χ2v) is 10.4. The van der Waals surface area contributed by atoms with Crippen molar-refractivity contribution in [1.82, 2.24) is 19.8 Å². The van der Waals surface area contributed by atoms with Gasteiger partial charge in [0.15, 0.2) is 0 Å². The largest absolute Gasteiger partial charge is 0.354 e. The van der Waals surface area contributed by atoms with E-state index in [4.69, 9.17) is 0 Å². The minimum atomic E-state index is 0.196. The number of carbonyl (C=O) groups is 1. The second kappa shape index (κ2) is 8.99. The van der Waals surface area contributed by atoms with Gasteiger partial charge >= 0.3 is 0 Å². The molecule has 0 aliphatic carbocycles. The molecule has 5 heterocycles. The standard InChI is InChI=1S/C28H33N5O/c1-31-10-12-32(13-11-31)27-18-23(7-9-30-27)28(34)33-25-4-5-26(33)17-21(16-25)14-20-2-3-24-19-29-8-6-22(24)15-20/h2-3,6-9,15,18-19,21,25-26H,4-5,10-14,16-17H2,1H3. The van der Waals surface area contributed by atoms with E-state index >= 15 is 0 Å². The second-order valence-electron chi connectivity index (χ2n) is 10.4. The van der Waals surface area contributed by atoms with Crippen LogP contribution in [0.4, 0.5) is 5.82 Å². The number of hydrogen-bond donors (Lipinski definition) is 0. The van der Waals surface area contributed by atoms with Crippen molar-refractivity contribution in [1.29, 1.82) is 0 Å². The van der Waals surface area contributed by atoms with Gasteiger partial charge in [-0.3, -0.25) is 9.78 Å². The Labute approximate surface area is 201 Å². The van der Waals surface area contributed by atoms with E-state index in [-0.39, 0.29) is 5.91 Å². The number of likely N-dealkylation sites (N-methyl/N-ethyl adjacent to an activating group) is 1. The number of aromatic nitrogens is 2. The molecule has 3 saturated heterocycles. The maximum absolute atomic E-state index is 13.6.